The summed E-state index contributed by atoms with van der Waals surface area (Å²) in [4.78, 5) is 12.0. The van der Waals surface area contributed by atoms with Gasteiger partial charge in [-0.25, -0.2) is 0 Å². The summed E-state index contributed by atoms with van der Waals surface area (Å²) in [6.07, 6.45) is 1.12. The highest BCUT2D eigenvalue weighted by molar-refractivity contribution is 5.86. The first-order valence-corrected chi connectivity index (χ1v) is 5.64. The smallest absolute Gasteiger partial charge is 0.231 e. The van der Waals surface area contributed by atoms with Crippen molar-refractivity contribution in [1.29, 1.82) is 0 Å². The highest BCUT2D eigenvalue weighted by Gasteiger charge is 2.25. The number of methoxy groups -OCH3 is 1. The molecule has 1 heterocycles. The van der Waals surface area contributed by atoms with E-state index in [1.165, 1.54) is 0 Å². The molecule has 3 heteroatoms. The van der Waals surface area contributed by atoms with Gasteiger partial charge in [0, 0.05) is 14.2 Å². The van der Waals surface area contributed by atoms with Gasteiger partial charge in [-0.3, -0.25) is 4.79 Å². The Bertz CT molecular complexity index is 469. The molecule has 1 atom stereocenters. The van der Waals surface area contributed by atoms with Crippen LogP contribution in [0.3, 0.4) is 0 Å². The van der Waals surface area contributed by atoms with Crippen molar-refractivity contribution in [3.8, 4) is 0 Å². The van der Waals surface area contributed by atoms with Crippen LogP contribution in [0.5, 0.6) is 0 Å². The highest BCUT2D eigenvalue weighted by atomic mass is 16.5. The molecule has 17 heavy (non-hydrogen) atoms. The molecule has 1 aromatic rings. The van der Waals surface area contributed by atoms with Crippen LogP contribution in [0.2, 0.25) is 0 Å². The van der Waals surface area contributed by atoms with Gasteiger partial charge in [-0.15, -0.1) is 0 Å². The first-order chi connectivity index (χ1) is 8.56. The average Bonchev–Trinajstić information content (AvgIpc) is 2.36. The maximum absolute atomic E-state index is 12.0. The molecule has 90 valence electrons. The van der Waals surface area contributed by atoms with Crippen LogP contribution in [0.25, 0.3) is 0 Å². The Balaban J connectivity index is 2.24. The quantitative estimate of drug-likeness (QED) is 0.868. The molecular formula is C14H17NO2. The lowest BCUT2D eigenvalue weighted by molar-refractivity contribution is -0.122. The molecule has 0 aliphatic carbocycles. The molecule has 2 rings (SSSR count). The van der Waals surface area contributed by atoms with Crippen LogP contribution in [0.1, 0.15) is 31.2 Å². The molecule has 3 nitrogen and oxygen atoms in total. The molecule has 0 radical (unpaired) electrons. The number of hydrogen-bond donors (Lipinski definition) is 1. The number of rotatable bonds is 3. The van der Waals surface area contributed by atoms with Gasteiger partial charge in [-0.1, -0.05) is 30.8 Å². The van der Waals surface area contributed by atoms with E-state index in [1.54, 1.807) is 7.11 Å². The molecule has 1 aromatic carbocycles. The van der Waals surface area contributed by atoms with E-state index in [0.29, 0.717) is 30.7 Å². The van der Waals surface area contributed by atoms with Gasteiger partial charge >= 0.3 is 0 Å². The van der Waals surface area contributed by atoms with Gasteiger partial charge in [0.15, 0.2) is 0 Å². The van der Waals surface area contributed by atoms with Crippen LogP contribution in [-0.2, 0) is 16.1 Å². The number of hydrogen-bond acceptors (Lipinski definition) is 2. The van der Waals surface area contributed by atoms with Crippen molar-refractivity contribution < 1.29 is 10.9 Å². The lowest BCUT2D eigenvalue weighted by atomic mass is 9.89. The molecule has 0 spiro atoms. The summed E-state index contributed by atoms with van der Waals surface area (Å²) < 4.78 is 13.4. The van der Waals surface area contributed by atoms with E-state index in [4.69, 9.17) is 6.11 Å². The molecule has 1 aliphatic rings. The van der Waals surface area contributed by atoms with Crippen LogP contribution < -0.4 is 5.32 Å². The molecule has 1 N–H and O–H groups in total. The third kappa shape index (κ3) is 2.74. The minimum Gasteiger partial charge on any atom is -0.380 e. The van der Waals surface area contributed by atoms with Crippen molar-refractivity contribution in [1.82, 2.24) is 5.32 Å². The molecule has 1 fully saturated rings. The topological polar surface area (TPSA) is 38.3 Å². The molecule has 0 aromatic heterocycles. The van der Waals surface area contributed by atoms with Gasteiger partial charge in [-0.05, 0) is 24.0 Å². The lowest BCUT2D eigenvalue weighted by Gasteiger charge is -2.23. The van der Waals surface area contributed by atoms with Crippen LogP contribution >= 0.6 is 0 Å². The van der Waals surface area contributed by atoms with E-state index in [9.17, 15) is 4.79 Å². The molecule has 1 amide bonds. The standard InChI is InChI=1S/C14H17NO2/c1-10-3-8-13(14(16)15-10)12-6-4-11(5-7-12)9-17-2/h4-7,13H,1,3,8-9H2,2H3,(H,15,16)/i13D. The number of carbonyl (C=O) groups is 1. The van der Waals surface area contributed by atoms with E-state index in [2.05, 4.69) is 11.9 Å². The van der Waals surface area contributed by atoms with E-state index in [0.717, 1.165) is 5.56 Å². The van der Waals surface area contributed by atoms with Gasteiger partial charge in [0.1, 0.15) is 0 Å². The van der Waals surface area contributed by atoms with Crippen LogP contribution in [0.4, 0.5) is 0 Å². The zero-order valence-electron chi connectivity index (χ0n) is 11.0. The van der Waals surface area contributed by atoms with Crippen molar-refractivity contribution in [2.24, 2.45) is 0 Å². The average molecular weight is 232 g/mol. The second kappa shape index (κ2) is 5.15. The van der Waals surface area contributed by atoms with Gasteiger partial charge in [0.25, 0.3) is 0 Å². The highest BCUT2D eigenvalue weighted by Crippen LogP contribution is 2.27. The summed E-state index contributed by atoms with van der Waals surface area (Å²) in [5, 5.41) is 2.66. The number of ether oxygens (including phenoxy) is 1. The Labute approximate surface area is 103 Å². The first kappa shape index (κ1) is 10.5. The van der Waals surface area contributed by atoms with Gasteiger partial charge in [0.2, 0.25) is 5.91 Å². The zero-order chi connectivity index (χ0) is 13.2. The SMILES string of the molecule is [2H]C1(c2ccc(COC)cc2)CCC(=C)NC1=O. The van der Waals surface area contributed by atoms with E-state index >= 15 is 0 Å². The van der Waals surface area contributed by atoms with Crippen LogP contribution in [-0.4, -0.2) is 13.0 Å². The molecule has 0 saturated carbocycles. The van der Waals surface area contributed by atoms with Crippen LogP contribution in [0, 0.1) is 0 Å². The predicted octanol–water partition coefficient (Wildman–Crippen LogP) is 2.34. The number of nitrogens with one attached hydrogen (secondary N) is 1. The summed E-state index contributed by atoms with van der Waals surface area (Å²) in [5.41, 5.74) is 2.44. The fourth-order valence-electron chi connectivity index (χ4n) is 1.93. The first-order valence-electron chi connectivity index (χ1n) is 6.14. The summed E-state index contributed by atoms with van der Waals surface area (Å²) >= 11 is 0. The molecular weight excluding hydrogens is 214 g/mol. The molecule has 1 unspecified atom stereocenters. The Morgan fingerprint density at radius 2 is 2.24 bits per heavy atom. The largest absolute Gasteiger partial charge is 0.380 e. The monoisotopic (exact) mass is 232 g/mol. The zero-order valence-corrected chi connectivity index (χ0v) is 9.95. The number of allylic oxidation sites excluding steroid dienone is 1. The van der Waals surface area contributed by atoms with Gasteiger partial charge in [0.05, 0.1) is 12.5 Å². The number of carbonyl (C=O) groups excluding carboxylic acids is 1. The number of benzene rings is 1. The fraction of sp³-hybridized carbons (Fsp3) is 0.357. The molecule has 1 saturated heterocycles. The predicted molar refractivity (Wildman–Crippen MR) is 66.4 cm³/mol. The Morgan fingerprint density at radius 1 is 1.53 bits per heavy atom. The van der Waals surface area contributed by atoms with Gasteiger partial charge < -0.3 is 10.1 Å². The van der Waals surface area contributed by atoms with Crippen molar-refractivity contribution in [2.45, 2.75) is 25.3 Å². The molecule has 1 aliphatic heterocycles. The normalized spacial score (nSPS) is 25.4. The summed E-state index contributed by atoms with van der Waals surface area (Å²) in [7, 11) is 1.64. The van der Waals surface area contributed by atoms with Crippen molar-refractivity contribution >= 4 is 5.91 Å². The number of piperidine rings is 1. The maximum Gasteiger partial charge on any atom is 0.231 e. The second-order valence-electron chi connectivity index (χ2n) is 4.17. The lowest BCUT2D eigenvalue weighted by Crippen LogP contribution is -2.33. The van der Waals surface area contributed by atoms with Gasteiger partial charge in [-0.2, -0.15) is 0 Å². The second-order valence-corrected chi connectivity index (χ2v) is 4.17. The fourth-order valence-corrected chi connectivity index (χ4v) is 1.93. The summed E-state index contributed by atoms with van der Waals surface area (Å²) in [5.74, 6) is -1.49. The Morgan fingerprint density at radius 3 is 2.82 bits per heavy atom. The Kier molecular flexibility index (Phi) is 3.19. The van der Waals surface area contributed by atoms with Crippen molar-refractivity contribution in [3.63, 3.8) is 0 Å². The van der Waals surface area contributed by atoms with Crippen LogP contribution in [0.15, 0.2) is 36.5 Å². The van der Waals surface area contributed by atoms with Crippen molar-refractivity contribution in [2.75, 3.05) is 7.11 Å². The summed E-state index contributed by atoms with van der Waals surface area (Å²) in [6, 6.07) is 7.45. The number of amides is 1. The van der Waals surface area contributed by atoms with Crippen molar-refractivity contribution in [3.05, 3.63) is 47.7 Å². The Hall–Kier alpha value is -1.61. The minimum absolute atomic E-state index is 0.293. The van der Waals surface area contributed by atoms with E-state index in [-0.39, 0.29) is 5.91 Å². The minimum atomic E-state index is -1.20. The third-order valence-corrected chi connectivity index (χ3v) is 2.85. The maximum atomic E-state index is 12.0. The van der Waals surface area contributed by atoms with E-state index in [1.807, 2.05) is 24.3 Å². The third-order valence-electron chi connectivity index (χ3n) is 2.85. The summed E-state index contributed by atoms with van der Waals surface area (Å²) in [6.45, 7) is 4.27. The molecule has 0 bridgehead atoms. The van der Waals surface area contributed by atoms with E-state index < -0.39 is 5.89 Å².